The lowest BCUT2D eigenvalue weighted by molar-refractivity contribution is -0.111. The van der Waals surface area contributed by atoms with Gasteiger partial charge < -0.3 is 14.5 Å². The highest BCUT2D eigenvalue weighted by Crippen LogP contribution is 2.37. The maximum atomic E-state index is 13.3. The van der Waals surface area contributed by atoms with E-state index in [9.17, 15) is 9.18 Å². The average Bonchev–Trinajstić information content (AvgIpc) is 2.96. The Hall–Kier alpha value is -3.08. The van der Waals surface area contributed by atoms with Crippen molar-refractivity contribution in [3.63, 3.8) is 0 Å². The molecule has 0 aliphatic heterocycles. The minimum absolute atomic E-state index is 0.336. The summed E-state index contributed by atoms with van der Waals surface area (Å²) in [6.45, 7) is 5.73. The number of fused-ring (bicyclic) bond motifs is 1. The molecule has 3 rings (SSSR count). The predicted octanol–water partition coefficient (Wildman–Crippen LogP) is 5.24. The molecule has 1 aromatic heterocycles. The lowest BCUT2D eigenvalue weighted by atomic mass is 9.98. The second-order valence-electron chi connectivity index (χ2n) is 6.20. The van der Waals surface area contributed by atoms with Gasteiger partial charge in [-0.2, -0.15) is 0 Å². The monoisotopic (exact) mass is 353 g/mol. The Morgan fingerprint density at radius 1 is 1.27 bits per heavy atom. The van der Waals surface area contributed by atoms with Crippen LogP contribution in [0.5, 0.6) is 5.75 Å². The second-order valence-corrected chi connectivity index (χ2v) is 6.20. The molecule has 26 heavy (non-hydrogen) atoms. The lowest BCUT2D eigenvalue weighted by Gasteiger charge is -2.13. The number of benzene rings is 2. The first-order valence-electron chi connectivity index (χ1n) is 8.21. The smallest absolute Gasteiger partial charge is 0.248 e. The molecule has 0 aliphatic carbocycles. The third-order valence-corrected chi connectivity index (χ3v) is 4.31. The van der Waals surface area contributed by atoms with Gasteiger partial charge in [0.1, 0.15) is 17.1 Å². The van der Waals surface area contributed by atoms with Crippen LogP contribution < -0.4 is 10.1 Å². The van der Waals surface area contributed by atoms with E-state index < -0.39 is 5.82 Å². The molecule has 0 aliphatic rings. The van der Waals surface area contributed by atoms with Gasteiger partial charge in [0.2, 0.25) is 5.91 Å². The molecule has 2 aromatic carbocycles. The van der Waals surface area contributed by atoms with Crippen LogP contribution in [-0.4, -0.2) is 13.0 Å². The van der Waals surface area contributed by atoms with Crippen LogP contribution in [0, 0.1) is 19.7 Å². The van der Waals surface area contributed by atoms with Crippen LogP contribution >= 0.6 is 0 Å². The summed E-state index contributed by atoms with van der Waals surface area (Å²) in [6.07, 6.45) is 3.18. The predicted molar refractivity (Wildman–Crippen MR) is 101 cm³/mol. The Morgan fingerprint density at radius 3 is 2.73 bits per heavy atom. The molecule has 134 valence electrons. The molecule has 0 spiro atoms. The van der Waals surface area contributed by atoms with Gasteiger partial charge >= 0.3 is 0 Å². The van der Waals surface area contributed by atoms with Crippen molar-refractivity contribution in [1.82, 2.24) is 0 Å². The van der Waals surface area contributed by atoms with Gasteiger partial charge in [0.05, 0.1) is 13.4 Å². The number of amides is 1. The highest BCUT2D eigenvalue weighted by atomic mass is 19.1. The van der Waals surface area contributed by atoms with Crippen LogP contribution in [0.15, 0.2) is 47.1 Å². The van der Waals surface area contributed by atoms with Crippen molar-refractivity contribution in [3.8, 4) is 5.75 Å². The molecule has 4 nitrogen and oxygen atoms in total. The van der Waals surface area contributed by atoms with Gasteiger partial charge in [-0.3, -0.25) is 4.79 Å². The molecular formula is C21H20FNO3. The number of anilines is 1. The number of rotatable bonds is 4. The van der Waals surface area contributed by atoms with Crippen LogP contribution in [0.4, 0.5) is 10.1 Å². The number of allylic oxidation sites excluding steroid dienone is 1. The van der Waals surface area contributed by atoms with Gasteiger partial charge in [0.15, 0.2) is 0 Å². The Morgan fingerprint density at radius 2 is 2.04 bits per heavy atom. The van der Waals surface area contributed by atoms with Crippen LogP contribution in [0.2, 0.25) is 0 Å². The molecule has 0 unspecified atom stereocenters. The summed E-state index contributed by atoms with van der Waals surface area (Å²) in [4.78, 5) is 12.3. The van der Waals surface area contributed by atoms with Crippen LogP contribution in [0.3, 0.4) is 0 Å². The van der Waals surface area contributed by atoms with Gasteiger partial charge in [0.25, 0.3) is 0 Å². The van der Waals surface area contributed by atoms with Crippen molar-refractivity contribution >= 4 is 28.1 Å². The van der Waals surface area contributed by atoms with Crippen molar-refractivity contribution in [2.24, 2.45) is 0 Å². The van der Waals surface area contributed by atoms with Crippen molar-refractivity contribution in [2.45, 2.75) is 20.8 Å². The summed E-state index contributed by atoms with van der Waals surface area (Å²) >= 11 is 0. The molecule has 5 heteroatoms. The van der Waals surface area contributed by atoms with E-state index in [-0.39, 0.29) is 5.91 Å². The first-order valence-corrected chi connectivity index (χ1v) is 8.21. The average molecular weight is 353 g/mol. The zero-order chi connectivity index (χ0) is 18.8. The van der Waals surface area contributed by atoms with E-state index in [1.807, 2.05) is 26.8 Å². The van der Waals surface area contributed by atoms with E-state index in [4.69, 9.17) is 9.15 Å². The number of carbonyl (C=O) groups excluding carboxylic acids is 1. The van der Waals surface area contributed by atoms with Gasteiger partial charge in [-0.1, -0.05) is 6.07 Å². The topological polar surface area (TPSA) is 51.5 Å². The molecule has 0 atom stereocenters. The Labute approximate surface area is 151 Å². The summed E-state index contributed by atoms with van der Waals surface area (Å²) in [7, 11) is 1.59. The van der Waals surface area contributed by atoms with Gasteiger partial charge in [-0.05, 0) is 56.2 Å². The molecule has 0 radical (unpaired) electrons. The van der Waals surface area contributed by atoms with Crippen molar-refractivity contribution in [2.75, 3.05) is 12.4 Å². The molecule has 1 heterocycles. The number of halogens is 1. The standard InChI is InChI=1S/C21H20FNO3/c1-12(8-19(24)23-16-7-5-6-15(22)9-16)17-10-18-13(2)11-26-21(18)14(3)20(17)25-4/h5-11H,1-4H3,(H,23,24)/b12-8+. The van der Waals surface area contributed by atoms with Crippen molar-refractivity contribution in [1.29, 1.82) is 0 Å². The normalized spacial score (nSPS) is 11.7. The van der Waals surface area contributed by atoms with E-state index in [0.717, 1.165) is 33.2 Å². The van der Waals surface area contributed by atoms with Crippen molar-refractivity contribution < 1.29 is 18.3 Å². The fraction of sp³-hybridized carbons (Fsp3) is 0.190. The zero-order valence-corrected chi connectivity index (χ0v) is 15.1. The van der Waals surface area contributed by atoms with Gasteiger partial charge in [-0.15, -0.1) is 0 Å². The highest BCUT2D eigenvalue weighted by Gasteiger charge is 2.16. The van der Waals surface area contributed by atoms with E-state index in [2.05, 4.69) is 5.32 Å². The minimum atomic E-state index is -0.401. The number of furan rings is 1. The van der Waals surface area contributed by atoms with Gasteiger partial charge in [0, 0.05) is 28.3 Å². The molecule has 0 saturated heterocycles. The van der Waals surface area contributed by atoms with Gasteiger partial charge in [-0.25, -0.2) is 4.39 Å². The molecule has 1 amide bonds. The third-order valence-electron chi connectivity index (χ3n) is 4.31. The minimum Gasteiger partial charge on any atom is -0.496 e. The maximum Gasteiger partial charge on any atom is 0.248 e. The largest absolute Gasteiger partial charge is 0.496 e. The number of nitrogens with one attached hydrogen (secondary N) is 1. The molecule has 0 bridgehead atoms. The molecule has 0 fully saturated rings. The van der Waals surface area contributed by atoms with E-state index in [0.29, 0.717) is 11.4 Å². The molecule has 3 aromatic rings. The maximum absolute atomic E-state index is 13.3. The summed E-state index contributed by atoms with van der Waals surface area (Å²) in [5.74, 6) is -0.0716. The summed E-state index contributed by atoms with van der Waals surface area (Å²) in [5, 5.41) is 3.65. The fourth-order valence-corrected chi connectivity index (χ4v) is 3.01. The molecule has 1 N–H and O–H groups in total. The summed E-state index contributed by atoms with van der Waals surface area (Å²) in [5.41, 5.74) is 4.64. The van der Waals surface area contributed by atoms with Crippen LogP contribution in [0.1, 0.15) is 23.6 Å². The number of ether oxygens (including phenoxy) is 1. The highest BCUT2D eigenvalue weighted by molar-refractivity contribution is 6.05. The SMILES string of the molecule is COc1c(/C(C)=C/C(=O)Nc2cccc(F)c2)cc2c(C)coc2c1C. The number of carbonyl (C=O) groups is 1. The third kappa shape index (κ3) is 3.33. The van der Waals surface area contributed by atoms with E-state index >= 15 is 0 Å². The first-order chi connectivity index (χ1) is 12.4. The number of methoxy groups -OCH3 is 1. The number of aryl methyl sites for hydroxylation is 2. The van der Waals surface area contributed by atoms with E-state index in [1.54, 1.807) is 25.5 Å². The fourth-order valence-electron chi connectivity index (χ4n) is 3.01. The summed E-state index contributed by atoms with van der Waals surface area (Å²) < 4.78 is 24.4. The zero-order valence-electron chi connectivity index (χ0n) is 15.1. The molecule has 0 saturated carbocycles. The Kier molecular flexibility index (Phi) is 4.80. The first kappa shape index (κ1) is 17.7. The van der Waals surface area contributed by atoms with Crippen LogP contribution in [0.25, 0.3) is 16.5 Å². The summed E-state index contributed by atoms with van der Waals surface area (Å²) in [6, 6.07) is 7.74. The lowest BCUT2D eigenvalue weighted by Crippen LogP contribution is -2.09. The second kappa shape index (κ2) is 7.04. The Bertz CT molecular complexity index is 1020. The quantitative estimate of drug-likeness (QED) is 0.653. The Balaban J connectivity index is 1.98. The van der Waals surface area contributed by atoms with Crippen LogP contribution in [-0.2, 0) is 4.79 Å². The number of hydrogen-bond donors (Lipinski definition) is 1. The number of hydrogen-bond acceptors (Lipinski definition) is 3. The van der Waals surface area contributed by atoms with E-state index in [1.165, 1.54) is 18.2 Å². The van der Waals surface area contributed by atoms with Crippen molar-refractivity contribution in [3.05, 3.63) is 65.2 Å². The molecular weight excluding hydrogens is 333 g/mol.